The smallest absolute Gasteiger partial charge is 0.251 e. The first-order chi connectivity index (χ1) is 12.4. The molecule has 1 heterocycles. The fourth-order valence-electron chi connectivity index (χ4n) is 3.39. The Kier molecular flexibility index (Phi) is 3.17. The Morgan fingerprint density at radius 2 is 1.32 bits per heavy atom. The van der Waals surface area contributed by atoms with Crippen LogP contribution in [0, 0.1) is 0 Å². The highest BCUT2D eigenvalue weighted by Gasteiger charge is 2.22. The van der Waals surface area contributed by atoms with Crippen molar-refractivity contribution in [3.8, 4) is 0 Å². The predicted molar refractivity (Wildman–Crippen MR) is 103 cm³/mol. The molecule has 0 spiro atoms. The number of fused-ring (bicyclic) bond motifs is 2. The Labute approximate surface area is 145 Å². The van der Waals surface area contributed by atoms with Crippen LogP contribution in [0.15, 0.2) is 89.9 Å². The standard InChI is InChI=1S/C22H16N2O/c1-3-11-18-16(7-1)9-5-13-20(18)22-23-15-24(25-22)21-14-6-10-17-8-2-4-12-19(17)21/h1-14H,15H2. The van der Waals surface area contributed by atoms with Crippen molar-refractivity contribution in [3.63, 3.8) is 0 Å². The highest BCUT2D eigenvalue weighted by molar-refractivity contribution is 6.08. The van der Waals surface area contributed by atoms with Crippen LogP contribution < -0.4 is 5.06 Å². The molecule has 25 heavy (non-hydrogen) atoms. The van der Waals surface area contributed by atoms with Crippen molar-refractivity contribution in [1.82, 2.24) is 0 Å². The van der Waals surface area contributed by atoms with Gasteiger partial charge >= 0.3 is 0 Å². The van der Waals surface area contributed by atoms with Gasteiger partial charge in [0.25, 0.3) is 5.90 Å². The Bertz CT molecular complexity index is 1110. The van der Waals surface area contributed by atoms with E-state index in [-0.39, 0.29) is 0 Å². The van der Waals surface area contributed by atoms with E-state index in [9.17, 15) is 0 Å². The number of nitrogens with zero attached hydrogens (tertiary/aromatic N) is 2. The van der Waals surface area contributed by atoms with Gasteiger partial charge in [0.05, 0.1) is 5.69 Å². The first-order valence-electron chi connectivity index (χ1n) is 8.36. The zero-order chi connectivity index (χ0) is 16.6. The molecule has 0 aromatic heterocycles. The molecule has 1 aliphatic rings. The number of hydroxylamine groups is 1. The second kappa shape index (κ2) is 5.64. The van der Waals surface area contributed by atoms with Crippen LogP contribution in [0.2, 0.25) is 0 Å². The zero-order valence-corrected chi connectivity index (χ0v) is 13.6. The average Bonchev–Trinajstić information content (AvgIpc) is 3.17. The minimum absolute atomic E-state index is 0.493. The molecular weight excluding hydrogens is 308 g/mol. The van der Waals surface area contributed by atoms with Crippen molar-refractivity contribution in [2.45, 2.75) is 0 Å². The Balaban J connectivity index is 1.53. The molecular formula is C22H16N2O. The third-order valence-corrected chi connectivity index (χ3v) is 4.59. The van der Waals surface area contributed by atoms with Crippen molar-refractivity contribution in [2.24, 2.45) is 4.99 Å². The topological polar surface area (TPSA) is 24.8 Å². The number of benzene rings is 4. The Morgan fingerprint density at radius 3 is 2.16 bits per heavy atom. The molecule has 0 N–H and O–H groups in total. The van der Waals surface area contributed by atoms with E-state index in [4.69, 9.17) is 4.84 Å². The van der Waals surface area contributed by atoms with Crippen LogP contribution >= 0.6 is 0 Å². The maximum absolute atomic E-state index is 6.13. The fraction of sp³-hybridized carbons (Fsp3) is 0.0455. The zero-order valence-electron chi connectivity index (χ0n) is 13.6. The number of hydrogen-bond donors (Lipinski definition) is 0. The quantitative estimate of drug-likeness (QED) is 0.509. The van der Waals surface area contributed by atoms with Gasteiger partial charge in [-0.25, -0.2) is 4.99 Å². The van der Waals surface area contributed by atoms with E-state index in [1.165, 1.54) is 16.2 Å². The van der Waals surface area contributed by atoms with Gasteiger partial charge in [0.15, 0.2) is 0 Å². The van der Waals surface area contributed by atoms with Gasteiger partial charge < -0.3 is 4.84 Å². The van der Waals surface area contributed by atoms with Gasteiger partial charge in [0, 0.05) is 10.9 Å². The highest BCUT2D eigenvalue weighted by Crippen LogP contribution is 2.30. The van der Waals surface area contributed by atoms with Gasteiger partial charge in [-0.2, -0.15) is 5.06 Å². The van der Waals surface area contributed by atoms with Crippen LogP contribution in [-0.4, -0.2) is 12.6 Å². The summed E-state index contributed by atoms with van der Waals surface area (Å²) in [6, 6.07) is 29.1. The molecule has 0 atom stereocenters. The number of anilines is 1. The summed E-state index contributed by atoms with van der Waals surface area (Å²) in [5.41, 5.74) is 2.07. The molecule has 0 aliphatic carbocycles. The summed E-state index contributed by atoms with van der Waals surface area (Å²) in [5, 5.41) is 6.57. The number of hydrogen-bond acceptors (Lipinski definition) is 3. The molecule has 0 bridgehead atoms. The van der Waals surface area contributed by atoms with E-state index in [0.29, 0.717) is 12.6 Å². The Hall–Kier alpha value is -3.33. The van der Waals surface area contributed by atoms with Gasteiger partial charge in [-0.15, -0.1) is 0 Å². The van der Waals surface area contributed by atoms with Crippen LogP contribution in [0.1, 0.15) is 5.56 Å². The van der Waals surface area contributed by atoms with E-state index >= 15 is 0 Å². The second-order valence-corrected chi connectivity index (χ2v) is 6.10. The minimum Gasteiger partial charge on any atom is -0.357 e. The Morgan fingerprint density at radius 1 is 0.680 bits per heavy atom. The van der Waals surface area contributed by atoms with Crippen LogP contribution in [0.25, 0.3) is 21.5 Å². The molecule has 3 nitrogen and oxygen atoms in total. The second-order valence-electron chi connectivity index (χ2n) is 6.10. The molecule has 0 radical (unpaired) electrons. The maximum Gasteiger partial charge on any atom is 0.251 e. The molecule has 0 saturated heterocycles. The van der Waals surface area contributed by atoms with E-state index in [1.54, 1.807) is 0 Å². The molecule has 120 valence electrons. The van der Waals surface area contributed by atoms with Crippen molar-refractivity contribution < 1.29 is 4.84 Å². The molecule has 4 aromatic carbocycles. The maximum atomic E-state index is 6.13. The van der Waals surface area contributed by atoms with Crippen LogP contribution in [0.4, 0.5) is 5.69 Å². The molecule has 1 aliphatic heterocycles. The normalized spacial score (nSPS) is 13.9. The molecule has 0 amide bonds. The fourth-order valence-corrected chi connectivity index (χ4v) is 3.39. The van der Waals surface area contributed by atoms with Crippen molar-refractivity contribution in [3.05, 3.63) is 90.5 Å². The van der Waals surface area contributed by atoms with Gasteiger partial charge in [0.1, 0.15) is 6.67 Å². The van der Waals surface area contributed by atoms with Crippen LogP contribution in [-0.2, 0) is 4.84 Å². The molecule has 0 fully saturated rings. The molecule has 5 rings (SSSR count). The summed E-state index contributed by atoms with van der Waals surface area (Å²) < 4.78 is 0. The highest BCUT2D eigenvalue weighted by atomic mass is 16.7. The summed E-state index contributed by atoms with van der Waals surface area (Å²) in [6.07, 6.45) is 0. The first kappa shape index (κ1) is 14.1. The van der Waals surface area contributed by atoms with Crippen LogP contribution in [0.5, 0.6) is 0 Å². The summed E-state index contributed by atoms with van der Waals surface area (Å²) in [7, 11) is 0. The molecule has 0 saturated carbocycles. The summed E-state index contributed by atoms with van der Waals surface area (Å²) in [6.45, 7) is 0.493. The number of aliphatic imine (C=N–C) groups is 1. The lowest BCUT2D eigenvalue weighted by molar-refractivity contribution is 0.301. The van der Waals surface area contributed by atoms with E-state index in [0.717, 1.165) is 16.6 Å². The summed E-state index contributed by atoms with van der Waals surface area (Å²) >= 11 is 0. The summed E-state index contributed by atoms with van der Waals surface area (Å²) in [5.74, 6) is 0.671. The molecule has 3 heteroatoms. The number of rotatable bonds is 2. The lowest BCUT2D eigenvalue weighted by atomic mass is 10.0. The minimum atomic E-state index is 0.493. The summed E-state index contributed by atoms with van der Waals surface area (Å²) in [4.78, 5) is 10.8. The SMILES string of the molecule is c1ccc2c(C3=NCN(c4cccc5ccccc45)O3)cccc2c1. The lowest BCUT2D eigenvalue weighted by Crippen LogP contribution is -2.20. The van der Waals surface area contributed by atoms with E-state index < -0.39 is 0 Å². The monoisotopic (exact) mass is 324 g/mol. The average molecular weight is 324 g/mol. The van der Waals surface area contributed by atoms with Gasteiger partial charge in [-0.1, -0.05) is 72.8 Å². The molecule has 0 unspecified atom stereocenters. The third kappa shape index (κ3) is 2.32. The van der Waals surface area contributed by atoms with E-state index in [1.807, 2.05) is 29.3 Å². The van der Waals surface area contributed by atoms with Crippen LogP contribution in [0.3, 0.4) is 0 Å². The lowest BCUT2D eigenvalue weighted by Gasteiger charge is -2.18. The van der Waals surface area contributed by atoms with Crippen molar-refractivity contribution in [2.75, 3.05) is 11.7 Å². The van der Waals surface area contributed by atoms with Gasteiger partial charge in [-0.3, -0.25) is 0 Å². The first-order valence-corrected chi connectivity index (χ1v) is 8.36. The molecule has 4 aromatic rings. The van der Waals surface area contributed by atoms with Gasteiger partial charge in [0.2, 0.25) is 0 Å². The third-order valence-electron chi connectivity index (χ3n) is 4.59. The van der Waals surface area contributed by atoms with Crippen molar-refractivity contribution >= 4 is 33.1 Å². The van der Waals surface area contributed by atoms with Gasteiger partial charge in [-0.05, 0) is 28.3 Å². The largest absolute Gasteiger partial charge is 0.357 e. The van der Waals surface area contributed by atoms with E-state index in [2.05, 4.69) is 65.7 Å². The van der Waals surface area contributed by atoms with Crippen molar-refractivity contribution in [1.29, 1.82) is 0 Å². The predicted octanol–water partition coefficient (Wildman–Crippen LogP) is 5.15.